The van der Waals surface area contributed by atoms with Crippen molar-refractivity contribution in [2.24, 2.45) is 5.73 Å². The van der Waals surface area contributed by atoms with E-state index >= 15 is 0 Å². The van der Waals surface area contributed by atoms with Crippen LogP contribution in [0.4, 0.5) is 0 Å². The number of nitrogens with two attached hydrogens (primary N) is 1. The van der Waals surface area contributed by atoms with Crippen LogP contribution in [0.25, 0.3) is 0 Å². The minimum absolute atomic E-state index is 0. The Morgan fingerprint density at radius 3 is 1.12 bits per heavy atom. The second-order valence-corrected chi connectivity index (χ2v) is 5.80. The van der Waals surface area contributed by atoms with Crippen molar-refractivity contribution in [3.05, 3.63) is 0 Å². The molecule has 0 spiro atoms. The molecule has 0 bridgehead atoms. The van der Waals surface area contributed by atoms with Gasteiger partial charge in [0.15, 0.2) is 0 Å². The third-order valence-corrected chi connectivity index (χ3v) is 4.74. The summed E-state index contributed by atoms with van der Waals surface area (Å²) in [5.74, 6) is 0. The van der Waals surface area contributed by atoms with E-state index in [1.807, 2.05) is 0 Å². The molecule has 0 aliphatic heterocycles. The fourth-order valence-corrected chi connectivity index (χ4v) is 2.02. The van der Waals surface area contributed by atoms with Crippen LogP contribution < -0.4 is 144 Å². The molecule has 0 heterocycles. The first kappa shape index (κ1) is 32.2. The summed E-state index contributed by atoms with van der Waals surface area (Å²) in [7, 11) is -11.9. The summed E-state index contributed by atoms with van der Waals surface area (Å²) in [5, 5.41) is 4.68. The molecule has 0 unspecified atom stereocenters. The van der Waals surface area contributed by atoms with Crippen molar-refractivity contribution >= 4 is 15.2 Å². The van der Waals surface area contributed by atoms with E-state index < -0.39 is 26.8 Å². The van der Waals surface area contributed by atoms with Gasteiger partial charge in [-0.1, -0.05) is 0 Å². The molecule has 0 atom stereocenters. The molecule has 0 aliphatic rings. The van der Waals surface area contributed by atoms with E-state index in [9.17, 15) is 28.7 Å². The Bertz CT molecular complexity index is 241. The van der Waals surface area contributed by atoms with E-state index in [2.05, 4.69) is 5.73 Å². The van der Waals surface area contributed by atoms with Gasteiger partial charge in [-0.3, -0.25) is 0 Å². The van der Waals surface area contributed by atoms with Gasteiger partial charge in [0.1, 0.15) is 5.08 Å². The van der Waals surface area contributed by atoms with E-state index in [0.29, 0.717) is 0 Å². The molecule has 0 aromatic carbocycles. The Morgan fingerprint density at radius 2 is 1.12 bits per heavy atom. The zero-order chi connectivity index (χ0) is 10.2. The molecule has 14 heteroatoms. The first-order valence-corrected chi connectivity index (χ1v) is 5.61. The normalized spacial score (nSPS) is 11.1. The van der Waals surface area contributed by atoms with Crippen molar-refractivity contribution in [1.82, 2.24) is 0 Å². The minimum atomic E-state index is -5.97. The fraction of sp³-hybridized carbons (Fsp3) is 1.00. The summed E-state index contributed by atoms with van der Waals surface area (Å²) < 4.78 is 20.2. The topological polar surface area (TPSA) is 173 Å². The molecule has 3 N–H and O–H groups in total. The fourth-order valence-electron chi connectivity index (χ4n) is 0.374. The molecule has 74 valence electrons. The van der Waals surface area contributed by atoms with Crippen molar-refractivity contribution in [1.29, 1.82) is 0 Å². The molecule has 0 aromatic heterocycles. The molecule has 0 aliphatic carbocycles. The molecule has 0 amide bonds. The Morgan fingerprint density at radius 1 is 0.938 bits per heavy atom. The molecule has 8 nitrogen and oxygen atoms in total. The van der Waals surface area contributed by atoms with Crippen molar-refractivity contribution in [2.45, 2.75) is 5.08 Å². The van der Waals surface area contributed by atoms with Gasteiger partial charge < -0.3 is 39.5 Å². The minimum Gasteiger partial charge on any atom is -0.808 e. The van der Waals surface area contributed by atoms with Crippen molar-refractivity contribution in [2.75, 3.05) is 6.54 Å². The SMILES string of the molecule is NCC(O)(P(=O)([O-])[O-])P(=O)([O-])[O-].[Na+].[Na+].[Na+].[Na+]. The Balaban J connectivity index is -0.000000101. The number of hydrogen-bond donors (Lipinski definition) is 2. The first-order valence-electron chi connectivity index (χ1n) is 2.53. The van der Waals surface area contributed by atoms with Gasteiger partial charge in [0.2, 0.25) is 0 Å². The van der Waals surface area contributed by atoms with E-state index in [-0.39, 0.29) is 118 Å². The van der Waals surface area contributed by atoms with E-state index in [1.54, 1.807) is 0 Å². The van der Waals surface area contributed by atoms with Gasteiger partial charge in [0.05, 0.1) is 0 Å². The molecular weight excluding hydrogens is 304 g/mol. The van der Waals surface area contributed by atoms with Crippen LogP contribution in [0.5, 0.6) is 0 Å². The van der Waals surface area contributed by atoms with Crippen LogP contribution in [0.1, 0.15) is 0 Å². The average Bonchev–Trinajstić information content (AvgIpc) is 1.81. The largest absolute Gasteiger partial charge is 1.00 e. The quantitative estimate of drug-likeness (QED) is 0.382. The maximum Gasteiger partial charge on any atom is 1.00 e. The van der Waals surface area contributed by atoms with Gasteiger partial charge >= 0.3 is 118 Å². The zero-order valence-electron chi connectivity index (χ0n) is 9.58. The van der Waals surface area contributed by atoms with Crippen LogP contribution in [0.2, 0.25) is 0 Å². The number of aliphatic hydroxyl groups is 1. The molecule has 0 aromatic rings. The first-order chi connectivity index (χ1) is 5.06. The van der Waals surface area contributed by atoms with Crippen molar-refractivity contribution in [3.63, 3.8) is 0 Å². The van der Waals surface area contributed by atoms with Crippen molar-refractivity contribution in [3.8, 4) is 0 Å². The summed E-state index contributed by atoms with van der Waals surface area (Å²) in [6, 6.07) is 0. The Hall–Kier alpha value is 4.22. The van der Waals surface area contributed by atoms with Crippen molar-refractivity contribution < 1.29 is 152 Å². The van der Waals surface area contributed by atoms with Gasteiger partial charge in [-0.2, -0.15) is 0 Å². The van der Waals surface area contributed by atoms with Crippen LogP contribution >= 0.6 is 15.2 Å². The third-order valence-electron chi connectivity index (χ3n) is 1.15. The second kappa shape index (κ2) is 11.8. The predicted octanol–water partition coefficient (Wildman–Crippen LogP) is -16.6. The Labute approximate surface area is 181 Å². The molecular formula is C2H5NNa4O7P2. The smallest absolute Gasteiger partial charge is 0.808 e. The molecule has 16 heavy (non-hydrogen) atoms. The van der Waals surface area contributed by atoms with Crippen LogP contribution in [0.3, 0.4) is 0 Å². The summed E-state index contributed by atoms with van der Waals surface area (Å²) >= 11 is 0. The Kier molecular flexibility index (Phi) is 23.8. The van der Waals surface area contributed by atoms with Crippen LogP contribution in [-0.4, -0.2) is 16.7 Å². The molecule has 0 fully saturated rings. The molecule has 0 rings (SSSR count). The van der Waals surface area contributed by atoms with Gasteiger partial charge in [-0.05, 0) is 15.2 Å². The van der Waals surface area contributed by atoms with E-state index in [1.165, 1.54) is 0 Å². The van der Waals surface area contributed by atoms with E-state index in [4.69, 9.17) is 5.11 Å². The van der Waals surface area contributed by atoms with Gasteiger partial charge in [-0.15, -0.1) is 0 Å². The van der Waals surface area contributed by atoms with Gasteiger partial charge in [-0.25, -0.2) is 0 Å². The third kappa shape index (κ3) is 8.49. The summed E-state index contributed by atoms with van der Waals surface area (Å²) in [6.45, 7) is -1.47. The summed E-state index contributed by atoms with van der Waals surface area (Å²) in [6.07, 6.45) is 0. The second-order valence-electron chi connectivity index (χ2n) is 1.97. The zero-order valence-corrected chi connectivity index (χ0v) is 19.4. The molecule has 0 radical (unpaired) electrons. The van der Waals surface area contributed by atoms with Crippen LogP contribution in [0.15, 0.2) is 0 Å². The molecule has 0 saturated heterocycles. The predicted molar refractivity (Wildman–Crippen MR) is 29.2 cm³/mol. The van der Waals surface area contributed by atoms with Crippen LogP contribution in [0, 0.1) is 0 Å². The van der Waals surface area contributed by atoms with Gasteiger partial charge in [0, 0.05) is 6.54 Å². The maximum absolute atomic E-state index is 10.1. The summed E-state index contributed by atoms with van der Waals surface area (Å²) in [4.78, 5) is 40.4. The summed E-state index contributed by atoms with van der Waals surface area (Å²) in [5.41, 5.74) is 4.48. The van der Waals surface area contributed by atoms with Gasteiger partial charge in [0.25, 0.3) is 0 Å². The monoisotopic (exact) mass is 309 g/mol. The number of hydrogen-bond acceptors (Lipinski definition) is 8. The standard InChI is InChI=1S/C2H9NO7P2.4Na/c3-1-2(4,11(5,6)7)12(8,9)10;;;;/h4H,1,3H2,(H2,5,6,7)(H2,8,9,10);;;;/q;4*+1/p-4. The number of rotatable bonds is 3. The van der Waals surface area contributed by atoms with Crippen LogP contribution in [-0.2, 0) is 9.13 Å². The molecule has 0 saturated carbocycles. The maximum atomic E-state index is 10.1. The van der Waals surface area contributed by atoms with E-state index in [0.717, 1.165) is 0 Å². The average molecular weight is 309 g/mol.